The van der Waals surface area contributed by atoms with E-state index >= 15 is 0 Å². The highest BCUT2D eigenvalue weighted by Crippen LogP contribution is 2.37. The summed E-state index contributed by atoms with van der Waals surface area (Å²) in [6.45, 7) is 0. The summed E-state index contributed by atoms with van der Waals surface area (Å²) in [7, 11) is 1.15. The fourth-order valence-corrected chi connectivity index (χ4v) is 1.24. The van der Waals surface area contributed by atoms with E-state index in [0.717, 1.165) is 26.0 Å². The van der Waals surface area contributed by atoms with Gasteiger partial charge in [0.1, 0.15) is 11.3 Å². The summed E-state index contributed by atoms with van der Waals surface area (Å²) in [5.41, 5.74) is -0.909. The molecule has 1 aromatic rings. The monoisotopic (exact) mass is 233 g/mol. The molecule has 2 rings (SSSR count). The molecule has 0 amide bonds. The Morgan fingerprint density at radius 2 is 2.06 bits per heavy atom. The van der Waals surface area contributed by atoms with Crippen LogP contribution in [0.4, 0.5) is 13.2 Å². The molecule has 1 saturated carbocycles. The molecule has 16 heavy (non-hydrogen) atoms. The second-order valence-electron chi connectivity index (χ2n) is 3.54. The zero-order chi connectivity index (χ0) is 11.8. The molecule has 1 aliphatic carbocycles. The largest absolute Gasteiger partial charge is 0.489 e. The molecule has 0 unspecified atom stereocenters. The van der Waals surface area contributed by atoms with Gasteiger partial charge < -0.3 is 9.47 Å². The average molecular weight is 233 g/mol. The van der Waals surface area contributed by atoms with Crippen molar-refractivity contribution >= 4 is 0 Å². The van der Waals surface area contributed by atoms with Crippen molar-refractivity contribution < 1.29 is 22.6 Å². The molecular weight excluding hydrogens is 223 g/mol. The van der Waals surface area contributed by atoms with Crippen LogP contribution < -0.4 is 9.47 Å². The van der Waals surface area contributed by atoms with Crippen molar-refractivity contribution in [2.45, 2.75) is 25.1 Å². The van der Waals surface area contributed by atoms with Gasteiger partial charge in [-0.15, -0.1) is 0 Å². The SMILES string of the molecule is COc1ncc(OC2CC2)cc1C(F)(F)F. The third kappa shape index (κ3) is 2.37. The van der Waals surface area contributed by atoms with E-state index in [1.54, 1.807) is 0 Å². The van der Waals surface area contributed by atoms with E-state index in [4.69, 9.17) is 4.74 Å². The van der Waals surface area contributed by atoms with Crippen molar-refractivity contribution in [3.63, 3.8) is 0 Å². The lowest BCUT2D eigenvalue weighted by atomic mass is 10.2. The Labute approximate surface area is 90.2 Å². The number of hydrogen-bond donors (Lipinski definition) is 0. The average Bonchev–Trinajstić information content (AvgIpc) is 3.00. The first-order valence-electron chi connectivity index (χ1n) is 4.78. The molecule has 0 aliphatic heterocycles. The summed E-state index contributed by atoms with van der Waals surface area (Å²) < 4.78 is 47.6. The Balaban J connectivity index is 2.29. The van der Waals surface area contributed by atoms with Crippen molar-refractivity contribution in [3.8, 4) is 11.6 Å². The van der Waals surface area contributed by atoms with Gasteiger partial charge in [-0.05, 0) is 18.9 Å². The molecule has 0 saturated heterocycles. The van der Waals surface area contributed by atoms with E-state index in [9.17, 15) is 13.2 Å². The Morgan fingerprint density at radius 1 is 1.38 bits per heavy atom. The highest BCUT2D eigenvalue weighted by molar-refractivity contribution is 5.35. The lowest BCUT2D eigenvalue weighted by Crippen LogP contribution is -2.09. The third-order valence-electron chi connectivity index (χ3n) is 2.15. The minimum atomic E-state index is -4.48. The number of aromatic nitrogens is 1. The first kappa shape index (κ1) is 11.0. The quantitative estimate of drug-likeness (QED) is 0.804. The Kier molecular flexibility index (Phi) is 2.65. The van der Waals surface area contributed by atoms with Gasteiger partial charge in [-0.1, -0.05) is 0 Å². The number of ether oxygens (including phenoxy) is 2. The van der Waals surface area contributed by atoms with E-state index in [0.29, 0.717) is 0 Å². The van der Waals surface area contributed by atoms with Gasteiger partial charge >= 0.3 is 6.18 Å². The summed E-state index contributed by atoms with van der Waals surface area (Å²) in [6, 6.07) is 0.921. The first-order chi connectivity index (χ1) is 7.50. The molecule has 1 heterocycles. The van der Waals surface area contributed by atoms with Gasteiger partial charge in [0.05, 0.1) is 19.4 Å². The van der Waals surface area contributed by atoms with Gasteiger partial charge in [0.15, 0.2) is 0 Å². The van der Waals surface area contributed by atoms with Gasteiger partial charge in [0.2, 0.25) is 5.88 Å². The van der Waals surface area contributed by atoms with Crippen LogP contribution in [0.2, 0.25) is 0 Å². The lowest BCUT2D eigenvalue weighted by Gasteiger charge is -2.12. The van der Waals surface area contributed by atoms with Crippen LogP contribution >= 0.6 is 0 Å². The molecule has 1 fully saturated rings. The molecule has 0 bridgehead atoms. The molecule has 1 aromatic heterocycles. The van der Waals surface area contributed by atoms with Crippen LogP contribution in [0, 0.1) is 0 Å². The summed E-state index contributed by atoms with van der Waals surface area (Å²) in [5.74, 6) is -0.300. The van der Waals surface area contributed by atoms with Crippen LogP contribution in [0.1, 0.15) is 18.4 Å². The predicted octanol–water partition coefficient (Wildman–Crippen LogP) is 2.65. The molecule has 0 radical (unpaired) electrons. The normalized spacial score (nSPS) is 16.0. The molecule has 0 aromatic carbocycles. The van der Waals surface area contributed by atoms with Crippen molar-refractivity contribution in [1.82, 2.24) is 4.98 Å². The van der Waals surface area contributed by atoms with E-state index in [1.807, 2.05) is 0 Å². The van der Waals surface area contributed by atoms with Crippen LogP contribution in [-0.2, 0) is 6.18 Å². The highest BCUT2D eigenvalue weighted by atomic mass is 19.4. The molecule has 88 valence electrons. The molecule has 0 atom stereocenters. The topological polar surface area (TPSA) is 31.4 Å². The minimum absolute atomic E-state index is 0.0382. The van der Waals surface area contributed by atoms with Gasteiger partial charge in [0.25, 0.3) is 0 Å². The number of nitrogens with zero attached hydrogens (tertiary/aromatic N) is 1. The van der Waals surface area contributed by atoms with Gasteiger partial charge in [-0.3, -0.25) is 0 Å². The lowest BCUT2D eigenvalue weighted by molar-refractivity contribution is -0.139. The fraction of sp³-hybridized carbons (Fsp3) is 0.500. The number of alkyl halides is 3. The van der Waals surface area contributed by atoms with Crippen LogP contribution in [-0.4, -0.2) is 18.2 Å². The van der Waals surface area contributed by atoms with Crippen LogP contribution in [0.5, 0.6) is 11.6 Å². The van der Waals surface area contributed by atoms with E-state index in [2.05, 4.69) is 9.72 Å². The summed E-state index contributed by atoms with van der Waals surface area (Å²) >= 11 is 0. The van der Waals surface area contributed by atoms with Gasteiger partial charge in [-0.2, -0.15) is 13.2 Å². The maximum atomic E-state index is 12.6. The maximum Gasteiger partial charge on any atom is 0.421 e. The van der Waals surface area contributed by atoms with Crippen molar-refractivity contribution in [1.29, 1.82) is 0 Å². The Bertz CT molecular complexity index is 388. The number of halogens is 3. The summed E-state index contributed by atoms with van der Waals surface area (Å²) in [4.78, 5) is 3.58. The minimum Gasteiger partial charge on any atom is -0.489 e. The highest BCUT2D eigenvalue weighted by Gasteiger charge is 2.36. The molecule has 3 nitrogen and oxygen atoms in total. The molecule has 1 aliphatic rings. The molecule has 6 heteroatoms. The molecule has 0 spiro atoms. The van der Waals surface area contributed by atoms with Crippen LogP contribution in [0.3, 0.4) is 0 Å². The van der Waals surface area contributed by atoms with E-state index < -0.39 is 17.6 Å². The zero-order valence-electron chi connectivity index (χ0n) is 8.54. The molecular formula is C10H10F3NO2. The second-order valence-corrected chi connectivity index (χ2v) is 3.54. The predicted molar refractivity (Wildman–Crippen MR) is 49.4 cm³/mol. The van der Waals surface area contributed by atoms with Crippen LogP contribution in [0.25, 0.3) is 0 Å². The van der Waals surface area contributed by atoms with E-state index in [-0.39, 0.29) is 11.9 Å². The van der Waals surface area contributed by atoms with E-state index in [1.165, 1.54) is 6.20 Å². The number of rotatable bonds is 3. The third-order valence-corrected chi connectivity index (χ3v) is 2.15. The Hall–Kier alpha value is -1.46. The number of pyridine rings is 1. The number of hydrogen-bond acceptors (Lipinski definition) is 3. The van der Waals surface area contributed by atoms with Crippen molar-refractivity contribution in [3.05, 3.63) is 17.8 Å². The van der Waals surface area contributed by atoms with Gasteiger partial charge in [-0.25, -0.2) is 4.98 Å². The van der Waals surface area contributed by atoms with Crippen LogP contribution in [0.15, 0.2) is 12.3 Å². The summed E-state index contributed by atoms with van der Waals surface area (Å²) in [6.07, 6.45) is -1.44. The van der Waals surface area contributed by atoms with Crippen molar-refractivity contribution in [2.24, 2.45) is 0 Å². The Morgan fingerprint density at radius 3 is 2.56 bits per heavy atom. The van der Waals surface area contributed by atoms with Crippen molar-refractivity contribution in [2.75, 3.05) is 7.11 Å². The smallest absolute Gasteiger partial charge is 0.421 e. The standard InChI is InChI=1S/C10H10F3NO2/c1-15-9-8(10(11,12)13)4-7(5-14-9)16-6-2-3-6/h4-6H,2-3H2,1H3. The van der Waals surface area contributed by atoms with Gasteiger partial charge in [0, 0.05) is 0 Å². The molecule has 0 N–H and O–H groups in total. The fourth-order valence-electron chi connectivity index (χ4n) is 1.24. The summed E-state index contributed by atoms with van der Waals surface area (Å²) in [5, 5.41) is 0. The number of methoxy groups -OCH3 is 1. The zero-order valence-corrected chi connectivity index (χ0v) is 8.54. The first-order valence-corrected chi connectivity index (χ1v) is 4.78. The second kappa shape index (κ2) is 3.84. The maximum absolute atomic E-state index is 12.6.